The molecule has 2 aromatic carbocycles. The number of nitrogens with one attached hydrogen (secondary N) is 1. The summed E-state index contributed by atoms with van der Waals surface area (Å²) in [6, 6.07) is 6.65. The maximum atomic E-state index is 14.4. The summed E-state index contributed by atoms with van der Waals surface area (Å²) in [5, 5.41) is 11.1. The molecule has 0 atom stereocenters. The zero-order valence-corrected chi connectivity index (χ0v) is 24.1. The third-order valence-corrected chi connectivity index (χ3v) is 8.29. The molecule has 5 aromatic rings. The minimum absolute atomic E-state index is 0.0761. The van der Waals surface area contributed by atoms with Gasteiger partial charge in [0.2, 0.25) is 0 Å². The number of amides is 1. The van der Waals surface area contributed by atoms with E-state index in [-0.39, 0.29) is 29.4 Å². The SMILES string of the molecule is COc1cc(-c2nn(C3CCN(Cc4nccs4)CC3)c3ncnc(N)c23)ccc1NC(=O)c1ccc(C(F)(F)F)cc1F. The van der Waals surface area contributed by atoms with E-state index < -0.39 is 29.0 Å². The lowest BCUT2D eigenvalue weighted by atomic mass is 10.1. The molecular formula is C29H26F4N8O2S. The first-order chi connectivity index (χ1) is 21.1. The number of methoxy groups -OCH3 is 1. The number of fused-ring (bicyclic) bond motifs is 1. The highest BCUT2D eigenvalue weighted by Crippen LogP contribution is 2.38. The number of ether oxygens (including phenoxy) is 1. The maximum absolute atomic E-state index is 14.4. The van der Waals surface area contributed by atoms with Gasteiger partial charge in [0.15, 0.2) is 5.65 Å². The fourth-order valence-electron chi connectivity index (χ4n) is 5.30. The van der Waals surface area contributed by atoms with E-state index in [0.717, 1.165) is 43.5 Å². The minimum atomic E-state index is -4.74. The summed E-state index contributed by atoms with van der Waals surface area (Å²) in [5.41, 5.74) is 6.47. The number of likely N-dealkylation sites (tertiary alicyclic amines) is 1. The number of alkyl halides is 3. The largest absolute Gasteiger partial charge is 0.495 e. The second kappa shape index (κ2) is 11.8. The van der Waals surface area contributed by atoms with Gasteiger partial charge < -0.3 is 15.8 Å². The highest BCUT2D eigenvalue weighted by Gasteiger charge is 2.32. The molecule has 228 valence electrons. The average Bonchev–Trinajstić information content (AvgIpc) is 3.66. The van der Waals surface area contributed by atoms with Gasteiger partial charge in [-0.15, -0.1) is 11.3 Å². The number of benzene rings is 2. The van der Waals surface area contributed by atoms with Crippen molar-refractivity contribution in [2.45, 2.75) is 31.6 Å². The molecule has 3 N–H and O–H groups in total. The van der Waals surface area contributed by atoms with Gasteiger partial charge in [-0.05, 0) is 43.2 Å². The van der Waals surface area contributed by atoms with Gasteiger partial charge in [-0.3, -0.25) is 9.69 Å². The van der Waals surface area contributed by atoms with E-state index in [2.05, 4.69) is 25.2 Å². The Kier molecular flexibility index (Phi) is 7.90. The Bertz CT molecular complexity index is 1820. The van der Waals surface area contributed by atoms with Crippen LogP contribution >= 0.6 is 11.3 Å². The van der Waals surface area contributed by atoms with E-state index in [4.69, 9.17) is 15.6 Å². The Morgan fingerprint density at radius 3 is 2.61 bits per heavy atom. The summed E-state index contributed by atoms with van der Waals surface area (Å²) in [7, 11) is 1.39. The van der Waals surface area contributed by atoms with Crippen molar-refractivity contribution >= 4 is 39.8 Å². The zero-order chi connectivity index (χ0) is 31.0. The lowest BCUT2D eigenvalue weighted by Crippen LogP contribution is -2.34. The fourth-order valence-corrected chi connectivity index (χ4v) is 5.96. The first-order valence-electron chi connectivity index (χ1n) is 13.6. The number of carbonyl (C=O) groups excluding carboxylic acids is 1. The van der Waals surface area contributed by atoms with Gasteiger partial charge in [0, 0.05) is 30.2 Å². The molecular weight excluding hydrogens is 600 g/mol. The van der Waals surface area contributed by atoms with Crippen LogP contribution in [0.3, 0.4) is 0 Å². The maximum Gasteiger partial charge on any atom is 0.416 e. The molecule has 4 heterocycles. The Hall–Kier alpha value is -4.63. The number of rotatable bonds is 7. The number of thiazole rings is 1. The molecule has 10 nitrogen and oxygen atoms in total. The van der Waals surface area contributed by atoms with Crippen molar-refractivity contribution in [2.24, 2.45) is 0 Å². The number of nitrogen functional groups attached to an aromatic ring is 1. The van der Waals surface area contributed by atoms with Gasteiger partial charge in [-0.1, -0.05) is 6.07 Å². The van der Waals surface area contributed by atoms with E-state index in [0.29, 0.717) is 28.4 Å². The smallest absolute Gasteiger partial charge is 0.416 e. The number of halogens is 4. The van der Waals surface area contributed by atoms with Crippen molar-refractivity contribution in [2.75, 3.05) is 31.2 Å². The van der Waals surface area contributed by atoms with Crippen molar-refractivity contribution in [3.05, 3.63) is 76.3 Å². The van der Waals surface area contributed by atoms with E-state index in [1.807, 2.05) is 16.3 Å². The van der Waals surface area contributed by atoms with Crippen molar-refractivity contribution in [3.8, 4) is 17.0 Å². The van der Waals surface area contributed by atoms with Crippen LogP contribution in [0, 0.1) is 5.82 Å². The summed E-state index contributed by atoms with van der Waals surface area (Å²) in [4.78, 5) is 28.2. The van der Waals surface area contributed by atoms with Crippen LogP contribution in [-0.2, 0) is 12.7 Å². The highest BCUT2D eigenvalue weighted by atomic mass is 32.1. The van der Waals surface area contributed by atoms with E-state index in [9.17, 15) is 22.4 Å². The van der Waals surface area contributed by atoms with Crippen LogP contribution in [0.1, 0.15) is 39.8 Å². The Labute approximate surface area is 252 Å². The number of hydrogen-bond acceptors (Lipinski definition) is 9. The Morgan fingerprint density at radius 1 is 1.14 bits per heavy atom. The molecule has 1 fully saturated rings. The van der Waals surface area contributed by atoms with E-state index >= 15 is 0 Å². The Morgan fingerprint density at radius 2 is 1.93 bits per heavy atom. The molecule has 3 aromatic heterocycles. The molecule has 1 aliphatic rings. The van der Waals surface area contributed by atoms with Crippen LogP contribution in [-0.4, -0.2) is 55.7 Å². The van der Waals surface area contributed by atoms with Gasteiger partial charge in [0.1, 0.15) is 34.4 Å². The summed E-state index contributed by atoms with van der Waals surface area (Å²) >= 11 is 1.64. The standard InChI is InChI=1S/C29H26F4N8O2S/c1-43-22-12-16(2-5-21(22)38-28(42)19-4-3-17(13-20(19)30)29(31,32)33)25-24-26(34)36-15-37-27(24)41(39-25)18-6-9-40(10-7-18)14-23-35-8-11-44-23/h2-5,8,11-13,15,18H,6-7,9-10,14H2,1H3,(H,38,42)(H2,34,36,37). The normalized spacial score (nSPS) is 14.7. The van der Waals surface area contributed by atoms with E-state index in [1.165, 1.54) is 19.5 Å². The third kappa shape index (κ3) is 5.79. The molecule has 1 aliphatic heterocycles. The van der Waals surface area contributed by atoms with Crippen molar-refractivity contribution in [3.63, 3.8) is 0 Å². The number of nitrogens with two attached hydrogens (primary N) is 1. The molecule has 0 radical (unpaired) electrons. The lowest BCUT2D eigenvalue weighted by molar-refractivity contribution is -0.137. The molecule has 44 heavy (non-hydrogen) atoms. The van der Waals surface area contributed by atoms with Crippen LogP contribution in [0.4, 0.5) is 29.1 Å². The summed E-state index contributed by atoms with van der Waals surface area (Å²) in [6.07, 6.45) is 0.167. The predicted octanol–water partition coefficient (Wildman–Crippen LogP) is 5.79. The first-order valence-corrected chi connectivity index (χ1v) is 14.5. The van der Waals surface area contributed by atoms with Crippen LogP contribution < -0.4 is 15.8 Å². The molecule has 0 bridgehead atoms. The second-order valence-corrected chi connectivity index (χ2v) is 11.2. The van der Waals surface area contributed by atoms with Gasteiger partial charge in [0.25, 0.3) is 5.91 Å². The molecule has 1 amide bonds. The predicted molar refractivity (Wildman–Crippen MR) is 157 cm³/mol. The van der Waals surface area contributed by atoms with Gasteiger partial charge in [0.05, 0.1) is 41.9 Å². The molecule has 6 rings (SSSR count). The number of nitrogens with zero attached hydrogens (tertiary/aromatic N) is 6. The van der Waals surface area contributed by atoms with Crippen LogP contribution in [0.25, 0.3) is 22.3 Å². The molecule has 0 unspecified atom stereocenters. The second-order valence-electron chi connectivity index (χ2n) is 10.2. The number of piperidine rings is 1. The number of hydrogen-bond donors (Lipinski definition) is 2. The van der Waals surface area contributed by atoms with Crippen molar-refractivity contribution in [1.29, 1.82) is 0 Å². The number of carbonyl (C=O) groups is 1. The molecule has 0 saturated carbocycles. The summed E-state index contributed by atoms with van der Waals surface area (Å²) in [6.45, 7) is 2.53. The van der Waals surface area contributed by atoms with Crippen LogP contribution in [0.2, 0.25) is 0 Å². The highest BCUT2D eigenvalue weighted by molar-refractivity contribution is 7.09. The fraction of sp³-hybridized carbons (Fsp3) is 0.276. The summed E-state index contributed by atoms with van der Waals surface area (Å²) < 4.78 is 60.6. The minimum Gasteiger partial charge on any atom is -0.495 e. The summed E-state index contributed by atoms with van der Waals surface area (Å²) in [5.74, 6) is -1.76. The molecule has 0 aliphatic carbocycles. The first kappa shape index (κ1) is 29.4. The van der Waals surface area contributed by atoms with Crippen molar-refractivity contribution < 1.29 is 27.1 Å². The zero-order valence-electron chi connectivity index (χ0n) is 23.3. The molecule has 1 saturated heterocycles. The average molecular weight is 627 g/mol. The number of anilines is 2. The third-order valence-electron chi connectivity index (χ3n) is 7.53. The van der Waals surface area contributed by atoms with Gasteiger partial charge in [-0.25, -0.2) is 24.0 Å². The monoisotopic (exact) mass is 626 g/mol. The Balaban J connectivity index is 1.26. The van der Waals surface area contributed by atoms with Gasteiger partial charge in [-0.2, -0.15) is 18.3 Å². The quantitative estimate of drug-likeness (QED) is 0.218. The topological polar surface area (TPSA) is 124 Å². The number of aromatic nitrogens is 5. The van der Waals surface area contributed by atoms with Gasteiger partial charge >= 0.3 is 6.18 Å². The molecule has 0 spiro atoms. The van der Waals surface area contributed by atoms with Crippen LogP contribution in [0.15, 0.2) is 54.3 Å². The van der Waals surface area contributed by atoms with E-state index in [1.54, 1.807) is 23.5 Å². The van der Waals surface area contributed by atoms with Crippen molar-refractivity contribution in [1.82, 2.24) is 29.6 Å². The van der Waals surface area contributed by atoms with Crippen LogP contribution in [0.5, 0.6) is 5.75 Å². The lowest BCUT2D eigenvalue weighted by Gasteiger charge is -2.31. The molecule has 15 heteroatoms.